The second kappa shape index (κ2) is 6.20. The number of aromatic nitrogens is 1. The summed E-state index contributed by atoms with van der Waals surface area (Å²) >= 11 is 6.08. The van der Waals surface area contributed by atoms with Gasteiger partial charge in [-0.15, -0.1) is 0 Å². The van der Waals surface area contributed by atoms with E-state index in [-0.39, 0.29) is 11.9 Å². The highest BCUT2D eigenvalue weighted by molar-refractivity contribution is 6.31. The van der Waals surface area contributed by atoms with Crippen LogP contribution in [0.1, 0.15) is 22.7 Å². The molecule has 0 fully saturated rings. The molecule has 106 valence electrons. The van der Waals surface area contributed by atoms with Crippen LogP contribution >= 0.6 is 11.6 Å². The van der Waals surface area contributed by atoms with Gasteiger partial charge in [-0.3, -0.25) is 0 Å². The summed E-state index contributed by atoms with van der Waals surface area (Å²) in [5.41, 5.74) is 8.33. The van der Waals surface area contributed by atoms with Crippen molar-refractivity contribution in [2.45, 2.75) is 19.4 Å². The zero-order valence-electron chi connectivity index (χ0n) is 11.5. The number of rotatable bonds is 4. The van der Waals surface area contributed by atoms with E-state index in [0.717, 1.165) is 11.1 Å². The molecule has 0 saturated carbocycles. The minimum Gasteiger partial charge on any atom is -0.383 e. The fourth-order valence-electron chi connectivity index (χ4n) is 2.32. The van der Waals surface area contributed by atoms with E-state index in [0.29, 0.717) is 22.8 Å². The van der Waals surface area contributed by atoms with E-state index >= 15 is 0 Å². The lowest BCUT2D eigenvalue weighted by atomic mass is 9.96. The molecule has 3 N–H and O–H groups in total. The fraction of sp³-hybridized carbons (Fsp3) is 0.267. The summed E-state index contributed by atoms with van der Waals surface area (Å²) in [4.78, 5) is 4.11. The summed E-state index contributed by atoms with van der Waals surface area (Å²) in [5, 5.41) is 3.58. The molecule has 1 aromatic heterocycles. The molecule has 0 spiro atoms. The molecule has 2 aromatic rings. The third-order valence-corrected chi connectivity index (χ3v) is 3.76. The van der Waals surface area contributed by atoms with Crippen LogP contribution in [0.25, 0.3) is 0 Å². The molecule has 2 rings (SSSR count). The predicted octanol–water partition coefficient (Wildman–Crippen LogP) is 3.27. The van der Waals surface area contributed by atoms with E-state index in [1.165, 1.54) is 6.07 Å². The molecule has 0 bridgehead atoms. The number of anilines is 1. The second-order valence-electron chi connectivity index (χ2n) is 4.67. The van der Waals surface area contributed by atoms with Gasteiger partial charge in [-0.2, -0.15) is 0 Å². The molecule has 5 heteroatoms. The maximum Gasteiger partial charge on any atom is 0.128 e. The van der Waals surface area contributed by atoms with Gasteiger partial charge in [-0.1, -0.05) is 17.7 Å². The van der Waals surface area contributed by atoms with Gasteiger partial charge in [-0.05, 0) is 44.2 Å². The molecule has 3 nitrogen and oxygen atoms in total. The standard InChI is InChI=1S/C15H17ClFN3/c1-9-6-7-20-15(18)14(9)13(19-2)8-10-11(16)4-3-5-12(10)17/h3-7,13,19H,8H2,1-2H3,(H2,18,20). The van der Waals surface area contributed by atoms with Crippen molar-refractivity contribution >= 4 is 17.4 Å². The highest BCUT2D eigenvalue weighted by atomic mass is 35.5. The molecule has 0 saturated heterocycles. The highest BCUT2D eigenvalue weighted by Crippen LogP contribution is 2.29. The first-order chi connectivity index (χ1) is 9.54. The van der Waals surface area contributed by atoms with Crippen molar-refractivity contribution in [3.8, 4) is 0 Å². The Bertz CT molecular complexity index is 576. The lowest BCUT2D eigenvalue weighted by Crippen LogP contribution is -2.22. The van der Waals surface area contributed by atoms with E-state index in [9.17, 15) is 4.39 Å². The van der Waals surface area contributed by atoms with Gasteiger partial charge in [0.1, 0.15) is 11.6 Å². The van der Waals surface area contributed by atoms with Gasteiger partial charge < -0.3 is 11.1 Å². The number of pyridine rings is 1. The number of hydrogen-bond acceptors (Lipinski definition) is 3. The number of nitrogen functional groups attached to an aromatic ring is 1. The number of nitrogens with two attached hydrogens (primary N) is 1. The van der Waals surface area contributed by atoms with E-state index in [1.54, 1.807) is 18.3 Å². The average molecular weight is 294 g/mol. The fourth-order valence-corrected chi connectivity index (χ4v) is 2.56. The smallest absolute Gasteiger partial charge is 0.128 e. The third kappa shape index (κ3) is 2.92. The third-order valence-electron chi connectivity index (χ3n) is 3.41. The second-order valence-corrected chi connectivity index (χ2v) is 5.08. The molecule has 20 heavy (non-hydrogen) atoms. The minimum atomic E-state index is -0.308. The lowest BCUT2D eigenvalue weighted by Gasteiger charge is -2.21. The first kappa shape index (κ1) is 14.8. The summed E-state index contributed by atoms with van der Waals surface area (Å²) < 4.78 is 13.9. The topological polar surface area (TPSA) is 50.9 Å². The Morgan fingerprint density at radius 3 is 2.75 bits per heavy atom. The monoisotopic (exact) mass is 293 g/mol. The van der Waals surface area contributed by atoms with Gasteiger partial charge in [-0.25, -0.2) is 9.37 Å². The van der Waals surface area contributed by atoms with Crippen molar-refractivity contribution in [1.82, 2.24) is 10.3 Å². The molecule has 0 aliphatic carbocycles. The summed E-state index contributed by atoms with van der Waals surface area (Å²) in [6.07, 6.45) is 2.08. The predicted molar refractivity (Wildman–Crippen MR) is 80.3 cm³/mol. The van der Waals surface area contributed by atoms with Gasteiger partial charge in [0, 0.05) is 28.4 Å². The molecule has 1 heterocycles. The van der Waals surface area contributed by atoms with E-state index in [2.05, 4.69) is 10.3 Å². The zero-order chi connectivity index (χ0) is 14.7. The van der Waals surface area contributed by atoms with Crippen LogP contribution in [0.4, 0.5) is 10.2 Å². The number of nitrogens with one attached hydrogen (secondary N) is 1. The van der Waals surface area contributed by atoms with Crippen LogP contribution in [-0.4, -0.2) is 12.0 Å². The summed E-state index contributed by atoms with van der Waals surface area (Å²) in [6, 6.07) is 6.44. The Morgan fingerprint density at radius 1 is 1.40 bits per heavy atom. The van der Waals surface area contributed by atoms with Crippen LogP contribution in [0.15, 0.2) is 30.5 Å². The Labute approximate surface area is 123 Å². The van der Waals surface area contributed by atoms with Crippen LogP contribution in [0.2, 0.25) is 5.02 Å². The lowest BCUT2D eigenvalue weighted by molar-refractivity contribution is 0.553. The van der Waals surface area contributed by atoms with Crippen molar-refractivity contribution in [2.75, 3.05) is 12.8 Å². The van der Waals surface area contributed by atoms with Gasteiger partial charge in [0.2, 0.25) is 0 Å². The molecule has 0 radical (unpaired) electrons. The number of aryl methyl sites for hydroxylation is 1. The summed E-state index contributed by atoms with van der Waals surface area (Å²) in [6.45, 7) is 1.96. The maximum atomic E-state index is 13.9. The Balaban J connectivity index is 2.39. The molecule has 1 atom stereocenters. The molecule has 1 aromatic carbocycles. The van der Waals surface area contributed by atoms with E-state index < -0.39 is 0 Å². The molecular formula is C15H17ClFN3. The molecular weight excluding hydrogens is 277 g/mol. The minimum absolute atomic E-state index is 0.141. The number of halogens is 2. The van der Waals surface area contributed by atoms with Crippen LogP contribution < -0.4 is 11.1 Å². The first-order valence-electron chi connectivity index (χ1n) is 6.35. The normalized spacial score (nSPS) is 12.4. The van der Waals surface area contributed by atoms with Gasteiger partial charge >= 0.3 is 0 Å². The molecule has 1 unspecified atom stereocenters. The van der Waals surface area contributed by atoms with Crippen LogP contribution in [0.3, 0.4) is 0 Å². The number of benzene rings is 1. The van der Waals surface area contributed by atoms with Gasteiger partial charge in [0.05, 0.1) is 0 Å². The van der Waals surface area contributed by atoms with Gasteiger partial charge in [0.15, 0.2) is 0 Å². The quantitative estimate of drug-likeness (QED) is 0.909. The zero-order valence-corrected chi connectivity index (χ0v) is 12.2. The first-order valence-corrected chi connectivity index (χ1v) is 6.73. The number of hydrogen-bond donors (Lipinski definition) is 2. The van der Waals surface area contributed by atoms with Crippen molar-refractivity contribution in [3.63, 3.8) is 0 Å². The Morgan fingerprint density at radius 2 is 2.15 bits per heavy atom. The summed E-state index contributed by atoms with van der Waals surface area (Å²) in [7, 11) is 1.81. The number of likely N-dealkylation sites (N-methyl/N-ethyl adjacent to an activating group) is 1. The number of nitrogens with zero attached hydrogens (tertiary/aromatic N) is 1. The molecule has 0 aliphatic heterocycles. The van der Waals surface area contributed by atoms with Crippen LogP contribution in [-0.2, 0) is 6.42 Å². The van der Waals surface area contributed by atoms with E-state index in [4.69, 9.17) is 17.3 Å². The maximum absolute atomic E-state index is 13.9. The SMILES string of the molecule is CNC(Cc1c(F)cccc1Cl)c1c(C)ccnc1N. The largest absolute Gasteiger partial charge is 0.383 e. The average Bonchev–Trinajstić information content (AvgIpc) is 2.40. The Kier molecular flexibility index (Phi) is 4.57. The van der Waals surface area contributed by atoms with Crippen LogP contribution in [0, 0.1) is 12.7 Å². The van der Waals surface area contributed by atoms with E-state index in [1.807, 2.05) is 20.0 Å². The Hall–Kier alpha value is -1.65. The summed E-state index contributed by atoms with van der Waals surface area (Å²) in [5.74, 6) is 0.148. The van der Waals surface area contributed by atoms with Crippen molar-refractivity contribution in [2.24, 2.45) is 0 Å². The highest BCUT2D eigenvalue weighted by Gasteiger charge is 2.19. The van der Waals surface area contributed by atoms with Crippen molar-refractivity contribution in [1.29, 1.82) is 0 Å². The van der Waals surface area contributed by atoms with Crippen molar-refractivity contribution < 1.29 is 4.39 Å². The molecule has 0 aliphatic rings. The van der Waals surface area contributed by atoms with Crippen molar-refractivity contribution in [3.05, 3.63) is 58.0 Å². The van der Waals surface area contributed by atoms with Crippen LogP contribution in [0.5, 0.6) is 0 Å². The van der Waals surface area contributed by atoms with Gasteiger partial charge in [0.25, 0.3) is 0 Å². The molecule has 0 amide bonds.